The average Bonchev–Trinajstić information content (AvgIpc) is 1.94. The van der Waals surface area contributed by atoms with Crippen molar-refractivity contribution in [3.63, 3.8) is 0 Å². The zero-order valence-electron chi connectivity index (χ0n) is 5.37. The summed E-state index contributed by atoms with van der Waals surface area (Å²) in [4.78, 5) is 9.88. The first-order valence-corrected chi connectivity index (χ1v) is 4.99. The van der Waals surface area contributed by atoms with E-state index >= 15 is 0 Å². The van der Waals surface area contributed by atoms with Crippen molar-refractivity contribution in [1.29, 1.82) is 0 Å². The van der Waals surface area contributed by atoms with Crippen LogP contribution in [0.5, 0.6) is 0 Å². The Morgan fingerprint density at radius 3 is 2.64 bits per heavy atom. The van der Waals surface area contributed by atoms with Crippen molar-refractivity contribution in [2.45, 2.75) is 0 Å². The normalized spacial score (nSPS) is 9.64. The molecule has 0 unspecified atom stereocenters. The number of nitrogens with zero attached hydrogens (tertiary/aromatic N) is 1. The maximum atomic E-state index is 10.3. The molecule has 0 aromatic heterocycles. The minimum atomic E-state index is -0.389. The molecular formula is C6H3BrNO2Sn. The molecule has 55 valence electrons. The number of non-ortho nitro benzene ring substituents is 1. The SMILES string of the molecule is O=[N+]([O-])c1ccc(Br)[c]([Sn])c1. The van der Waals surface area contributed by atoms with Crippen LogP contribution in [0.1, 0.15) is 0 Å². The summed E-state index contributed by atoms with van der Waals surface area (Å²) in [6, 6.07) is 4.75. The van der Waals surface area contributed by atoms with Gasteiger partial charge in [-0.25, -0.2) is 0 Å². The molecule has 0 bridgehead atoms. The van der Waals surface area contributed by atoms with E-state index in [9.17, 15) is 10.1 Å². The molecule has 11 heavy (non-hydrogen) atoms. The van der Waals surface area contributed by atoms with Crippen molar-refractivity contribution in [3.05, 3.63) is 32.8 Å². The molecule has 3 radical (unpaired) electrons. The molecule has 1 rings (SSSR count). The van der Waals surface area contributed by atoms with E-state index in [1.54, 1.807) is 12.1 Å². The van der Waals surface area contributed by atoms with Crippen molar-refractivity contribution < 1.29 is 4.92 Å². The number of rotatable bonds is 1. The van der Waals surface area contributed by atoms with Crippen LogP contribution in [0, 0.1) is 10.1 Å². The Hall–Kier alpha value is -0.101. The van der Waals surface area contributed by atoms with Gasteiger partial charge in [-0.3, -0.25) is 0 Å². The van der Waals surface area contributed by atoms with Crippen molar-refractivity contribution in [3.8, 4) is 0 Å². The van der Waals surface area contributed by atoms with E-state index in [0.29, 0.717) is 0 Å². The van der Waals surface area contributed by atoms with Crippen LogP contribution >= 0.6 is 15.9 Å². The maximum absolute atomic E-state index is 10.3. The summed E-state index contributed by atoms with van der Waals surface area (Å²) in [5.41, 5.74) is 0.153. The van der Waals surface area contributed by atoms with Crippen molar-refractivity contribution in [2.24, 2.45) is 0 Å². The van der Waals surface area contributed by atoms with E-state index < -0.39 is 0 Å². The number of halogens is 1. The Morgan fingerprint density at radius 1 is 1.55 bits per heavy atom. The van der Waals surface area contributed by atoms with E-state index in [2.05, 4.69) is 15.9 Å². The monoisotopic (exact) mass is 320 g/mol. The van der Waals surface area contributed by atoms with Gasteiger partial charge in [0.2, 0.25) is 0 Å². The van der Waals surface area contributed by atoms with E-state index in [0.717, 1.165) is 8.05 Å². The Bertz CT molecular complexity index is 303. The third-order valence-electron chi connectivity index (χ3n) is 1.16. The van der Waals surface area contributed by atoms with Gasteiger partial charge >= 0.3 is 85.4 Å². The van der Waals surface area contributed by atoms with Gasteiger partial charge < -0.3 is 0 Å². The summed E-state index contributed by atoms with van der Waals surface area (Å²) >= 11 is 4.45. The van der Waals surface area contributed by atoms with Gasteiger partial charge in [-0.05, 0) is 0 Å². The fraction of sp³-hybridized carbons (Fsp3) is 0. The van der Waals surface area contributed by atoms with Gasteiger partial charge in [0.05, 0.1) is 0 Å². The molecular weight excluding hydrogens is 317 g/mol. The molecule has 0 saturated carbocycles. The van der Waals surface area contributed by atoms with E-state index in [4.69, 9.17) is 0 Å². The number of nitro benzene ring substituents is 1. The molecule has 0 aliphatic carbocycles. The summed E-state index contributed by atoms with van der Waals surface area (Å²) in [7, 11) is 0. The predicted molar refractivity (Wildman–Crippen MR) is 46.2 cm³/mol. The Labute approximate surface area is 85.2 Å². The molecule has 0 aliphatic rings. The minimum absolute atomic E-state index is 0.153. The summed E-state index contributed by atoms with van der Waals surface area (Å²) in [5, 5.41) is 10.3. The average molecular weight is 320 g/mol. The number of nitro groups is 1. The molecule has 0 fully saturated rings. The second-order valence-corrected chi connectivity index (χ2v) is 4.31. The third kappa shape index (κ3) is 2.16. The molecule has 0 saturated heterocycles. The molecule has 0 atom stereocenters. The Morgan fingerprint density at radius 2 is 2.18 bits per heavy atom. The van der Waals surface area contributed by atoms with Gasteiger partial charge in [-0.15, -0.1) is 0 Å². The van der Waals surface area contributed by atoms with Crippen LogP contribution < -0.4 is 3.58 Å². The van der Waals surface area contributed by atoms with Gasteiger partial charge in [-0.2, -0.15) is 0 Å². The summed E-state index contributed by atoms with van der Waals surface area (Å²) in [6.45, 7) is 0. The Kier molecular flexibility index (Phi) is 2.89. The van der Waals surface area contributed by atoms with Gasteiger partial charge in [0.15, 0.2) is 0 Å². The van der Waals surface area contributed by atoms with Crippen LogP contribution in [0.4, 0.5) is 5.69 Å². The molecule has 5 heteroatoms. The Balaban J connectivity index is 3.15. The van der Waals surface area contributed by atoms with Crippen molar-refractivity contribution in [2.75, 3.05) is 0 Å². The van der Waals surface area contributed by atoms with Crippen LogP contribution in [0.15, 0.2) is 22.7 Å². The van der Waals surface area contributed by atoms with Crippen LogP contribution in [-0.2, 0) is 0 Å². The standard InChI is InChI=1S/C6H3BrNO2.Sn/c7-5-1-3-6(4-2-5)8(9)10;/h1,3-4H;. The second-order valence-electron chi connectivity index (χ2n) is 1.92. The molecule has 1 aromatic rings. The summed E-state index contributed by atoms with van der Waals surface area (Å²) in [5.74, 6) is 0. The molecule has 0 N–H and O–H groups in total. The van der Waals surface area contributed by atoms with Gasteiger partial charge in [-0.1, -0.05) is 0 Å². The fourth-order valence-electron chi connectivity index (χ4n) is 0.627. The molecule has 3 nitrogen and oxygen atoms in total. The number of benzene rings is 1. The van der Waals surface area contributed by atoms with Gasteiger partial charge in [0, 0.05) is 0 Å². The zero-order valence-corrected chi connectivity index (χ0v) is 9.81. The number of hydrogen-bond acceptors (Lipinski definition) is 2. The fourth-order valence-corrected chi connectivity index (χ4v) is 1.53. The van der Waals surface area contributed by atoms with E-state index in [1.165, 1.54) is 28.6 Å². The van der Waals surface area contributed by atoms with Gasteiger partial charge in [0.1, 0.15) is 0 Å². The van der Waals surface area contributed by atoms with Crippen LogP contribution in [0.2, 0.25) is 0 Å². The quantitative estimate of drug-likeness (QED) is 0.443. The predicted octanol–water partition coefficient (Wildman–Crippen LogP) is 1.15. The number of hydrogen-bond donors (Lipinski definition) is 0. The second kappa shape index (κ2) is 3.53. The van der Waals surface area contributed by atoms with Crippen LogP contribution in [0.25, 0.3) is 0 Å². The molecule has 0 heterocycles. The summed E-state index contributed by atoms with van der Waals surface area (Å²) < 4.78 is 1.90. The zero-order chi connectivity index (χ0) is 8.43. The molecule has 0 aliphatic heterocycles. The third-order valence-corrected chi connectivity index (χ3v) is 4.08. The van der Waals surface area contributed by atoms with E-state index in [-0.39, 0.29) is 10.6 Å². The topological polar surface area (TPSA) is 43.1 Å². The first-order valence-electron chi connectivity index (χ1n) is 2.77. The first kappa shape index (κ1) is 8.99. The first-order chi connectivity index (χ1) is 5.11. The molecule has 0 spiro atoms. The van der Waals surface area contributed by atoms with Gasteiger partial charge in [0.25, 0.3) is 0 Å². The van der Waals surface area contributed by atoms with E-state index in [1.807, 2.05) is 0 Å². The van der Waals surface area contributed by atoms with Crippen LogP contribution in [0.3, 0.4) is 0 Å². The molecule has 0 amide bonds. The van der Waals surface area contributed by atoms with Crippen molar-refractivity contribution >= 4 is 47.7 Å². The van der Waals surface area contributed by atoms with Crippen molar-refractivity contribution in [1.82, 2.24) is 0 Å². The van der Waals surface area contributed by atoms with Crippen LogP contribution in [-0.4, -0.2) is 27.4 Å². The summed E-state index contributed by atoms with van der Waals surface area (Å²) in [6.07, 6.45) is 0. The molecule has 1 aromatic carbocycles.